The predicted octanol–water partition coefficient (Wildman–Crippen LogP) is 3.41. The third-order valence-corrected chi connectivity index (χ3v) is 5.73. The smallest absolute Gasteiger partial charge is 0.272 e. The molecule has 8 nitrogen and oxygen atoms in total. The van der Waals surface area contributed by atoms with Crippen LogP contribution in [-0.2, 0) is 5.75 Å². The molecule has 0 atom stereocenters. The Labute approximate surface area is 179 Å². The first-order valence-corrected chi connectivity index (χ1v) is 10.4. The van der Waals surface area contributed by atoms with E-state index in [1.54, 1.807) is 16.8 Å². The molecule has 3 aromatic heterocycles. The number of thioether (sulfide) groups is 1. The number of nitrogens with one attached hydrogen (secondary N) is 1. The van der Waals surface area contributed by atoms with Gasteiger partial charge in [0.25, 0.3) is 5.56 Å². The third kappa shape index (κ3) is 3.61. The minimum atomic E-state index is -0.320. The maximum absolute atomic E-state index is 13.4. The molecule has 5 aromatic rings. The number of nitrogens with zero attached hydrogens (tertiary/aromatic N) is 6. The Morgan fingerprint density at radius 2 is 1.87 bits per heavy atom. The summed E-state index contributed by atoms with van der Waals surface area (Å²) < 4.78 is 16.4. The first kappa shape index (κ1) is 19.2. The van der Waals surface area contributed by atoms with E-state index in [9.17, 15) is 9.18 Å². The summed E-state index contributed by atoms with van der Waals surface area (Å²) >= 11 is 1.39. The Morgan fingerprint density at radius 1 is 1.10 bits per heavy atom. The highest BCUT2D eigenvalue weighted by Crippen LogP contribution is 2.28. The molecule has 154 valence electrons. The van der Waals surface area contributed by atoms with Crippen molar-refractivity contribution in [2.24, 2.45) is 0 Å². The number of fused-ring (bicyclic) bond motifs is 1. The van der Waals surface area contributed by atoms with Gasteiger partial charge in [0.2, 0.25) is 5.16 Å². The fourth-order valence-corrected chi connectivity index (χ4v) is 4.15. The van der Waals surface area contributed by atoms with Crippen LogP contribution in [0.4, 0.5) is 4.39 Å². The molecule has 0 aliphatic carbocycles. The van der Waals surface area contributed by atoms with Crippen LogP contribution in [0.5, 0.6) is 0 Å². The molecular weight excluding hydrogens is 417 g/mol. The number of aryl methyl sites for hydroxylation is 1. The molecule has 0 aliphatic heterocycles. The Morgan fingerprint density at radius 3 is 2.65 bits per heavy atom. The van der Waals surface area contributed by atoms with Gasteiger partial charge in [-0.1, -0.05) is 42.1 Å². The van der Waals surface area contributed by atoms with Gasteiger partial charge in [0, 0.05) is 23.1 Å². The van der Waals surface area contributed by atoms with Crippen LogP contribution in [0.25, 0.3) is 22.5 Å². The van der Waals surface area contributed by atoms with Gasteiger partial charge in [-0.25, -0.2) is 13.9 Å². The molecule has 0 saturated heterocycles. The Bertz CT molecular complexity index is 1420. The molecule has 2 aromatic carbocycles. The second kappa shape index (κ2) is 7.80. The fraction of sp³-hybridized carbons (Fsp3) is 0.0952. The summed E-state index contributed by atoms with van der Waals surface area (Å²) in [4.78, 5) is 17.4. The van der Waals surface area contributed by atoms with E-state index in [2.05, 4.69) is 20.6 Å². The van der Waals surface area contributed by atoms with E-state index < -0.39 is 0 Å². The predicted molar refractivity (Wildman–Crippen MR) is 115 cm³/mol. The van der Waals surface area contributed by atoms with Gasteiger partial charge in [-0.3, -0.25) is 9.89 Å². The van der Waals surface area contributed by atoms with Crippen molar-refractivity contribution in [3.8, 4) is 16.8 Å². The minimum Gasteiger partial charge on any atom is -0.293 e. The first-order chi connectivity index (χ1) is 15.1. The van der Waals surface area contributed by atoms with Crippen LogP contribution in [0.3, 0.4) is 0 Å². The van der Waals surface area contributed by atoms with Crippen molar-refractivity contribution in [3.63, 3.8) is 0 Å². The minimum absolute atomic E-state index is 0.222. The van der Waals surface area contributed by atoms with Crippen molar-refractivity contribution in [1.82, 2.24) is 34.8 Å². The van der Waals surface area contributed by atoms with Crippen molar-refractivity contribution in [2.75, 3.05) is 0 Å². The van der Waals surface area contributed by atoms with E-state index in [0.29, 0.717) is 22.3 Å². The highest BCUT2D eigenvalue weighted by Gasteiger charge is 2.16. The number of benzene rings is 2. The van der Waals surface area contributed by atoms with E-state index in [-0.39, 0.29) is 11.4 Å². The molecule has 0 aliphatic rings. The lowest BCUT2D eigenvalue weighted by atomic mass is 10.1. The van der Waals surface area contributed by atoms with Crippen LogP contribution in [-0.4, -0.2) is 34.8 Å². The van der Waals surface area contributed by atoms with E-state index >= 15 is 0 Å². The first-order valence-electron chi connectivity index (χ1n) is 9.44. The van der Waals surface area contributed by atoms with Gasteiger partial charge in [-0.05, 0) is 47.2 Å². The average Bonchev–Trinajstić information content (AvgIpc) is 3.38. The summed E-state index contributed by atoms with van der Waals surface area (Å²) in [6.45, 7) is 1.86. The van der Waals surface area contributed by atoms with Gasteiger partial charge in [-0.15, -0.1) is 5.10 Å². The monoisotopic (exact) mass is 433 g/mol. The van der Waals surface area contributed by atoms with Crippen molar-refractivity contribution in [3.05, 3.63) is 88.2 Å². The number of hydrogen-bond donors (Lipinski definition) is 1. The quantitative estimate of drug-likeness (QED) is 0.427. The van der Waals surface area contributed by atoms with Crippen molar-refractivity contribution in [2.45, 2.75) is 17.8 Å². The third-order valence-electron chi connectivity index (χ3n) is 4.77. The van der Waals surface area contributed by atoms with Gasteiger partial charge in [0.1, 0.15) is 5.82 Å². The molecule has 0 saturated carbocycles. The van der Waals surface area contributed by atoms with Crippen LogP contribution < -0.4 is 5.56 Å². The summed E-state index contributed by atoms with van der Waals surface area (Å²) in [5.74, 6) is 0.0889. The summed E-state index contributed by atoms with van der Waals surface area (Å²) in [5.41, 5.74) is 4.03. The molecule has 0 amide bonds. The molecule has 0 radical (unpaired) electrons. The number of H-pyrrole nitrogens is 1. The van der Waals surface area contributed by atoms with E-state index in [0.717, 1.165) is 22.5 Å². The highest BCUT2D eigenvalue weighted by molar-refractivity contribution is 7.98. The summed E-state index contributed by atoms with van der Waals surface area (Å²) in [5, 5.41) is 15.5. The zero-order chi connectivity index (χ0) is 21.4. The molecule has 1 N–H and O–H groups in total. The molecular formula is C21H16FN7OS. The SMILES string of the molecule is Cc1[nH]n2c(=O)cc(CSc3nnnn3-c3ccccc3)nc2c1-c1ccc(F)cc1. The number of para-hydroxylation sites is 1. The standard InChI is InChI=1S/C21H16FN7OS/c1-13-19(14-7-9-15(22)10-8-14)20-23-16(11-18(30)29(20)25-13)12-31-21-24-26-27-28(21)17-5-3-2-4-6-17/h2-11,25H,12H2,1H3. The maximum atomic E-state index is 13.4. The van der Waals surface area contributed by atoms with Crippen molar-refractivity contribution in [1.29, 1.82) is 0 Å². The average molecular weight is 433 g/mol. The molecule has 10 heteroatoms. The maximum Gasteiger partial charge on any atom is 0.272 e. The number of aromatic amines is 1. The Balaban J connectivity index is 1.50. The molecule has 31 heavy (non-hydrogen) atoms. The summed E-state index contributed by atoms with van der Waals surface area (Å²) in [7, 11) is 0. The van der Waals surface area contributed by atoms with Gasteiger partial charge >= 0.3 is 0 Å². The number of hydrogen-bond acceptors (Lipinski definition) is 6. The molecule has 0 spiro atoms. The van der Waals surface area contributed by atoms with Gasteiger partial charge in [-0.2, -0.15) is 4.68 Å². The normalized spacial score (nSPS) is 11.3. The van der Waals surface area contributed by atoms with Crippen LogP contribution >= 0.6 is 11.8 Å². The number of halogens is 1. The largest absolute Gasteiger partial charge is 0.293 e. The fourth-order valence-electron chi connectivity index (χ4n) is 3.37. The topological polar surface area (TPSA) is 93.8 Å². The molecule has 3 heterocycles. The molecule has 0 bridgehead atoms. The lowest BCUT2D eigenvalue weighted by Gasteiger charge is -2.05. The molecule has 5 rings (SSSR count). The lowest BCUT2D eigenvalue weighted by Crippen LogP contribution is -2.15. The molecule has 0 fully saturated rings. The second-order valence-electron chi connectivity index (χ2n) is 6.86. The summed E-state index contributed by atoms with van der Waals surface area (Å²) in [6.07, 6.45) is 0. The van der Waals surface area contributed by atoms with Gasteiger partial charge in [0.05, 0.1) is 11.4 Å². The molecule has 0 unspecified atom stereocenters. The van der Waals surface area contributed by atoms with Crippen LogP contribution in [0.2, 0.25) is 0 Å². The lowest BCUT2D eigenvalue weighted by molar-refractivity contribution is 0.628. The van der Waals surface area contributed by atoms with E-state index in [1.165, 1.54) is 34.5 Å². The summed E-state index contributed by atoms with van der Waals surface area (Å²) in [6, 6.07) is 17.2. The number of rotatable bonds is 5. The number of tetrazole rings is 1. The van der Waals surface area contributed by atoms with Crippen LogP contribution in [0, 0.1) is 12.7 Å². The van der Waals surface area contributed by atoms with Gasteiger partial charge < -0.3 is 0 Å². The zero-order valence-electron chi connectivity index (χ0n) is 16.4. The number of aromatic nitrogens is 7. The van der Waals surface area contributed by atoms with Gasteiger partial charge in [0.15, 0.2) is 5.65 Å². The highest BCUT2D eigenvalue weighted by atomic mass is 32.2. The second-order valence-corrected chi connectivity index (χ2v) is 7.80. The van der Waals surface area contributed by atoms with Crippen LogP contribution in [0.15, 0.2) is 70.6 Å². The van der Waals surface area contributed by atoms with Crippen LogP contribution in [0.1, 0.15) is 11.4 Å². The zero-order valence-corrected chi connectivity index (χ0v) is 17.2. The van der Waals surface area contributed by atoms with E-state index in [1.807, 2.05) is 37.3 Å². The van der Waals surface area contributed by atoms with Crippen molar-refractivity contribution < 1.29 is 4.39 Å². The Hall–Kier alpha value is -3.79. The van der Waals surface area contributed by atoms with Crippen molar-refractivity contribution >= 4 is 17.4 Å². The van der Waals surface area contributed by atoms with E-state index in [4.69, 9.17) is 4.98 Å². The Kier molecular flexibility index (Phi) is 4.83.